The molecule has 2 rings (SSSR count). The quantitative estimate of drug-likeness (QED) is 0.475. The first kappa shape index (κ1) is 11.5. The average Bonchev–Trinajstić information content (AvgIpc) is 2.50. The summed E-state index contributed by atoms with van der Waals surface area (Å²) < 4.78 is 60.1. The molecule has 13 heteroatoms. The molecule has 0 amide bonds. The number of hydrogen-bond acceptors (Lipinski definition) is 7. The second kappa shape index (κ2) is 3.24. The number of hydrogen-bond donors (Lipinski definition) is 2. The van der Waals surface area contributed by atoms with Crippen LogP contribution in [-0.4, -0.2) is 40.3 Å². The second-order valence-electron chi connectivity index (χ2n) is 2.74. The molecular weight excluding hydrogens is 276 g/mol. The minimum Gasteiger partial charge on any atom is -0.412 e. The largest absolute Gasteiger partial charge is 0.412 e. The van der Waals surface area contributed by atoms with E-state index in [2.05, 4.69) is 17.6 Å². The molecule has 0 bridgehead atoms. The first-order valence-corrected chi connectivity index (χ1v) is 6.57. The molecule has 0 fully saturated rings. The summed E-state index contributed by atoms with van der Waals surface area (Å²) in [4.78, 5) is 0. The highest BCUT2D eigenvalue weighted by Gasteiger charge is 2.30. The smallest absolute Gasteiger partial charge is 0.368 e. The lowest BCUT2D eigenvalue weighted by Gasteiger charge is -2.00. The van der Waals surface area contributed by atoms with E-state index in [-0.39, 0.29) is 0 Å². The Hall–Kier alpha value is -2.02. The van der Waals surface area contributed by atoms with Gasteiger partial charge in [-0.2, -0.15) is 16.8 Å². The van der Waals surface area contributed by atoms with Gasteiger partial charge in [0.2, 0.25) is 11.7 Å². The van der Waals surface area contributed by atoms with Crippen molar-refractivity contribution in [2.75, 3.05) is 0 Å². The molecule has 0 aromatic rings. The van der Waals surface area contributed by atoms with Crippen molar-refractivity contribution in [1.82, 2.24) is 0 Å². The van der Waals surface area contributed by atoms with Gasteiger partial charge in [0.25, 0.3) is 11.8 Å². The Morgan fingerprint density at radius 3 is 1.35 bits per heavy atom. The van der Waals surface area contributed by atoms with Crippen LogP contribution in [0.3, 0.4) is 0 Å². The highest BCUT2D eigenvalue weighted by Crippen LogP contribution is 2.10. The first-order chi connectivity index (χ1) is 7.69. The van der Waals surface area contributed by atoms with E-state index >= 15 is 0 Å². The predicted octanol–water partition coefficient (Wildman–Crippen LogP) is -2.97. The van der Waals surface area contributed by atoms with Gasteiger partial charge >= 0.3 is 20.4 Å². The van der Waals surface area contributed by atoms with E-state index in [9.17, 15) is 16.8 Å². The lowest BCUT2D eigenvalue weighted by atomic mass is 10.5. The van der Waals surface area contributed by atoms with Gasteiger partial charge in [-0.25, -0.2) is 0 Å². The molecule has 0 saturated carbocycles. The zero-order valence-corrected chi connectivity index (χ0v) is 9.43. The Bertz CT molecular complexity index is 648. The monoisotopic (exact) mass is 280 g/mol. The van der Waals surface area contributed by atoms with Gasteiger partial charge in [-0.1, -0.05) is 0 Å². The van der Waals surface area contributed by atoms with E-state index in [1.54, 1.807) is 0 Å². The van der Waals surface area contributed by atoms with E-state index in [0.717, 1.165) is 0 Å². The molecule has 0 saturated heterocycles. The molecule has 2 heterocycles. The summed E-state index contributed by atoms with van der Waals surface area (Å²) in [5.41, 5.74) is 10.4. The average molecular weight is 280 g/mol. The standard InChI is InChI=1S/C4H4N6O5S2/c5-1-3(9-16(11,12)7-1)15-4-2(6)8-17(13,14)10-4/h(H2,5,7)(H2,6,8). The molecule has 4 N–H and O–H groups in total. The van der Waals surface area contributed by atoms with Gasteiger partial charge in [-0.05, 0) is 0 Å². The molecule has 0 atom stereocenters. The van der Waals surface area contributed by atoms with Gasteiger partial charge in [0, 0.05) is 0 Å². The van der Waals surface area contributed by atoms with Gasteiger partial charge in [-0.3, -0.25) is 0 Å². The normalized spacial score (nSPS) is 24.7. The van der Waals surface area contributed by atoms with Crippen molar-refractivity contribution in [3.8, 4) is 0 Å². The number of nitrogens with two attached hydrogens (primary N) is 2. The van der Waals surface area contributed by atoms with E-state index in [1.165, 1.54) is 0 Å². The lowest BCUT2D eigenvalue weighted by molar-refractivity contribution is 0.564. The summed E-state index contributed by atoms with van der Waals surface area (Å²) in [5.74, 6) is -2.30. The summed E-state index contributed by atoms with van der Waals surface area (Å²) in [6, 6.07) is 0. The lowest BCUT2D eigenvalue weighted by Crippen LogP contribution is -2.31. The van der Waals surface area contributed by atoms with Crippen molar-refractivity contribution in [3.05, 3.63) is 0 Å². The van der Waals surface area contributed by atoms with Crippen LogP contribution < -0.4 is 11.5 Å². The van der Waals surface area contributed by atoms with Crippen LogP contribution in [0.5, 0.6) is 0 Å². The fourth-order valence-electron chi connectivity index (χ4n) is 0.904. The molecule has 0 aromatic carbocycles. The maximum Gasteiger partial charge on any atom is 0.368 e. The van der Waals surface area contributed by atoms with Gasteiger partial charge in [0.05, 0.1) is 0 Å². The third kappa shape index (κ3) is 2.23. The van der Waals surface area contributed by atoms with E-state index in [1.807, 2.05) is 0 Å². The summed E-state index contributed by atoms with van der Waals surface area (Å²) in [7, 11) is -8.18. The molecule has 0 aromatic heterocycles. The maximum absolute atomic E-state index is 10.9. The topological polar surface area (TPSA) is 179 Å². The van der Waals surface area contributed by atoms with E-state index < -0.39 is 43.9 Å². The minimum atomic E-state index is -4.09. The minimum absolute atomic E-state index is 0.537. The van der Waals surface area contributed by atoms with E-state index in [0.29, 0.717) is 0 Å². The third-order valence-corrected chi connectivity index (χ3v) is 3.10. The SMILES string of the molecule is NC1=NS(=O)(=O)N=C1OC1=NS(=O)(=O)N=C1N. The molecule has 0 aliphatic carbocycles. The molecular formula is C4H4N6O5S2. The number of nitrogens with zero attached hydrogens (tertiary/aromatic N) is 4. The molecule has 0 spiro atoms. The highest BCUT2D eigenvalue weighted by atomic mass is 32.2. The fourth-order valence-corrected chi connectivity index (χ4v) is 2.32. The van der Waals surface area contributed by atoms with Gasteiger partial charge in [-0.15, -0.1) is 17.6 Å². The van der Waals surface area contributed by atoms with Gasteiger partial charge < -0.3 is 16.2 Å². The number of rotatable bonds is 0. The van der Waals surface area contributed by atoms with Gasteiger partial charge in [0.1, 0.15) is 0 Å². The van der Waals surface area contributed by atoms with Gasteiger partial charge in [0.15, 0.2) is 0 Å². The Morgan fingerprint density at radius 1 is 0.765 bits per heavy atom. The summed E-state index contributed by atoms with van der Waals surface area (Å²) in [6.07, 6.45) is 0. The molecule has 92 valence electrons. The Morgan fingerprint density at radius 2 is 1.12 bits per heavy atom. The van der Waals surface area contributed by atoms with Crippen LogP contribution in [0.1, 0.15) is 0 Å². The second-order valence-corrected chi connectivity index (χ2v) is 5.27. The van der Waals surface area contributed by atoms with Crippen LogP contribution in [0.15, 0.2) is 17.6 Å². The highest BCUT2D eigenvalue weighted by molar-refractivity contribution is 7.90. The maximum atomic E-state index is 10.9. The fraction of sp³-hybridized carbons (Fsp3) is 0. The molecule has 0 unspecified atom stereocenters. The van der Waals surface area contributed by atoms with Crippen molar-refractivity contribution in [2.24, 2.45) is 29.1 Å². The van der Waals surface area contributed by atoms with Crippen LogP contribution in [0.25, 0.3) is 0 Å². The molecule has 0 radical (unpaired) electrons. The predicted molar refractivity (Wildman–Crippen MR) is 57.0 cm³/mol. The molecule has 2 aliphatic heterocycles. The zero-order valence-electron chi connectivity index (χ0n) is 7.80. The molecule has 11 nitrogen and oxygen atoms in total. The van der Waals surface area contributed by atoms with E-state index in [4.69, 9.17) is 16.2 Å². The summed E-state index contributed by atoms with van der Waals surface area (Å²) in [5, 5.41) is 0. The van der Waals surface area contributed by atoms with Crippen molar-refractivity contribution in [2.45, 2.75) is 0 Å². The molecule has 2 aliphatic rings. The Balaban J connectivity index is 2.33. The number of amidine groups is 2. The summed E-state index contributed by atoms with van der Waals surface area (Å²) >= 11 is 0. The number of ether oxygens (including phenoxy) is 1. The van der Waals surface area contributed by atoms with Crippen molar-refractivity contribution in [3.63, 3.8) is 0 Å². The zero-order chi connectivity index (χ0) is 12.8. The molecule has 17 heavy (non-hydrogen) atoms. The third-order valence-electron chi connectivity index (χ3n) is 1.46. The van der Waals surface area contributed by atoms with Crippen LogP contribution in [0.4, 0.5) is 0 Å². The van der Waals surface area contributed by atoms with Crippen LogP contribution in [0, 0.1) is 0 Å². The van der Waals surface area contributed by atoms with Crippen LogP contribution in [0.2, 0.25) is 0 Å². The van der Waals surface area contributed by atoms with Crippen molar-refractivity contribution >= 4 is 43.9 Å². The first-order valence-electron chi connectivity index (χ1n) is 3.78. The summed E-state index contributed by atoms with van der Waals surface area (Å²) in [6.45, 7) is 0. The van der Waals surface area contributed by atoms with Crippen LogP contribution in [-0.2, 0) is 25.2 Å². The van der Waals surface area contributed by atoms with Crippen molar-refractivity contribution in [1.29, 1.82) is 0 Å². The van der Waals surface area contributed by atoms with Crippen LogP contribution >= 0.6 is 0 Å². The Labute approximate surface area is 95.0 Å². The van der Waals surface area contributed by atoms with Crippen molar-refractivity contribution < 1.29 is 21.6 Å². The Kier molecular flexibility index (Phi) is 2.18.